The number of benzene rings is 1. The zero-order chi connectivity index (χ0) is 9.26. The smallest absolute Gasteiger partial charge is 0.220 e. The first kappa shape index (κ1) is 7.79. The van der Waals surface area contributed by atoms with Gasteiger partial charge in [-0.15, -0.1) is 0 Å². The number of nitrogens with two attached hydrogens (primary N) is 1. The van der Waals surface area contributed by atoms with Crippen LogP contribution in [0.5, 0.6) is 5.75 Å². The maximum Gasteiger partial charge on any atom is 0.220 e. The van der Waals surface area contributed by atoms with E-state index in [1.807, 2.05) is 18.2 Å². The fourth-order valence-electron chi connectivity index (χ4n) is 1.15. The Morgan fingerprint density at radius 3 is 3.00 bits per heavy atom. The molecule has 0 spiro atoms. The molecule has 0 atom stereocenters. The summed E-state index contributed by atoms with van der Waals surface area (Å²) in [6.07, 6.45) is 1.68. The second kappa shape index (κ2) is 2.90. The van der Waals surface area contributed by atoms with Gasteiger partial charge in [-0.1, -0.05) is 0 Å². The van der Waals surface area contributed by atoms with E-state index in [1.54, 1.807) is 13.3 Å². The first-order valence-electron chi connectivity index (χ1n) is 3.86. The van der Waals surface area contributed by atoms with E-state index in [1.165, 1.54) is 0 Å². The van der Waals surface area contributed by atoms with Crippen molar-refractivity contribution in [2.75, 3.05) is 12.8 Å². The van der Waals surface area contributed by atoms with Crippen LogP contribution in [0.25, 0.3) is 10.9 Å². The molecule has 0 saturated carbocycles. The summed E-state index contributed by atoms with van der Waals surface area (Å²) in [6.45, 7) is 0. The number of ether oxygens (including phenoxy) is 1. The zero-order valence-electron chi connectivity index (χ0n) is 7.19. The molecule has 13 heavy (non-hydrogen) atoms. The molecule has 0 unspecified atom stereocenters. The van der Waals surface area contributed by atoms with E-state index < -0.39 is 0 Å². The number of hydrogen-bond donors (Lipinski definition) is 1. The van der Waals surface area contributed by atoms with Crippen molar-refractivity contribution >= 4 is 16.9 Å². The Labute approximate surface area is 75.4 Å². The van der Waals surface area contributed by atoms with Crippen LogP contribution < -0.4 is 10.5 Å². The summed E-state index contributed by atoms with van der Waals surface area (Å²) >= 11 is 0. The number of hydrogen-bond acceptors (Lipinski definition) is 4. The Morgan fingerprint density at radius 1 is 1.38 bits per heavy atom. The predicted molar refractivity (Wildman–Crippen MR) is 50.5 cm³/mol. The molecule has 0 saturated heterocycles. The highest BCUT2D eigenvalue weighted by Crippen LogP contribution is 2.18. The number of rotatable bonds is 1. The number of anilines is 1. The van der Waals surface area contributed by atoms with Crippen molar-refractivity contribution in [2.45, 2.75) is 0 Å². The van der Waals surface area contributed by atoms with Crippen molar-refractivity contribution in [1.82, 2.24) is 9.97 Å². The summed E-state index contributed by atoms with van der Waals surface area (Å²) in [4.78, 5) is 7.96. The van der Waals surface area contributed by atoms with Crippen molar-refractivity contribution < 1.29 is 4.74 Å². The molecule has 1 aromatic heterocycles. The normalized spacial score (nSPS) is 10.2. The van der Waals surface area contributed by atoms with Crippen LogP contribution in [0.3, 0.4) is 0 Å². The lowest BCUT2D eigenvalue weighted by Crippen LogP contribution is -1.94. The van der Waals surface area contributed by atoms with Crippen LogP contribution in [0, 0.1) is 0 Å². The second-order valence-corrected chi connectivity index (χ2v) is 2.65. The Balaban J connectivity index is 2.66. The predicted octanol–water partition coefficient (Wildman–Crippen LogP) is 1.22. The molecule has 0 amide bonds. The molecule has 0 bridgehead atoms. The first-order chi connectivity index (χ1) is 6.29. The molecule has 4 nitrogen and oxygen atoms in total. The average Bonchev–Trinajstić information content (AvgIpc) is 2.17. The highest BCUT2D eigenvalue weighted by atomic mass is 16.5. The summed E-state index contributed by atoms with van der Waals surface area (Å²) in [5, 5.41) is 0.925. The van der Waals surface area contributed by atoms with Gasteiger partial charge in [0.05, 0.1) is 12.6 Å². The average molecular weight is 175 g/mol. The summed E-state index contributed by atoms with van der Waals surface area (Å²) in [5.74, 6) is 1.08. The fourth-order valence-corrected chi connectivity index (χ4v) is 1.15. The molecule has 2 N–H and O–H groups in total. The van der Waals surface area contributed by atoms with Gasteiger partial charge in [0.15, 0.2) is 0 Å². The molecule has 0 aliphatic heterocycles. The van der Waals surface area contributed by atoms with Gasteiger partial charge in [-0.2, -0.15) is 0 Å². The summed E-state index contributed by atoms with van der Waals surface area (Å²) in [6, 6.07) is 5.57. The van der Waals surface area contributed by atoms with Gasteiger partial charge in [-0.25, -0.2) is 9.97 Å². The van der Waals surface area contributed by atoms with Crippen LogP contribution >= 0.6 is 0 Å². The van der Waals surface area contributed by atoms with Crippen LogP contribution in [0.1, 0.15) is 0 Å². The third-order valence-corrected chi connectivity index (χ3v) is 1.81. The summed E-state index contributed by atoms with van der Waals surface area (Å²) in [7, 11) is 1.62. The quantitative estimate of drug-likeness (QED) is 0.707. The molecule has 66 valence electrons. The van der Waals surface area contributed by atoms with Crippen molar-refractivity contribution in [3.8, 4) is 5.75 Å². The molecule has 1 aromatic carbocycles. The van der Waals surface area contributed by atoms with Crippen LogP contribution in [0.15, 0.2) is 24.4 Å². The molecule has 2 aromatic rings. The topological polar surface area (TPSA) is 61.0 Å². The van der Waals surface area contributed by atoms with Crippen molar-refractivity contribution in [2.24, 2.45) is 0 Å². The minimum absolute atomic E-state index is 0.290. The van der Waals surface area contributed by atoms with E-state index in [0.29, 0.717) is 0 Å². The fraction of sp³-hybridized carbons (Fsp3) is 0.111. The number of nitrogens with zero attached hydrogens (tertiary/aromatic N) is 2. The van der Waals surface area contributed by atoms with Crippen molar-refractivity contribution in [3.63, 3.8) is 0 Å². The molecule has 0 fully saturated rings. The maximum atomic E-state index is 5.44. The maximum absolute atomic E-state index is 5.44. The molecule has 2 rings (SSSR count). The minimum Gasteiger partial charge on any atom is -0.497 e. The van der Waals surface area contributed by atoms with Crippen molar-refractivity contribution in [1.29, 1.82) is 0 Å². The molecule has 0 aliphatic rings. The van der Waals surface area contributed by atoms with Gasteiger partial charge in [-0.3, -0.25) is 0 Å². The highest BCUT2D eigenvalue weighted by Gasteiger charge is 1.98. The summed E-state index contributed by atoms with van der Waals surface area (Å²) in [5.41, 5.74) is 6.27. The largest absolute Gasteiger partial charge is 0.497 e. The highest BCUT2D eigenvalue weighted by molar-refractivity contribution is 5.79. The number of fused-ring (bicyclic) bond motifs is 1. The molecular formula is C9H9N3O. The SMILES string of the molecule is COc1ccc2nc(N)ncc2c1. The van der Waals surface area contributed by atoms with Crippen LogP contribution in [0.4, 0.5) is 5.95 Å². The lowest BCUT2D eigenvalue weighted by Gasteiger charge is -2.01. The van der Waals surface area contributed by atoms with Gasteiger partial charge in [0.25, 0.3) is 0 Å². The molecule has 4 heteroatoms. The van der Waals surface area contributed by atoms with E-state index in [-0.39, 0.29) is 5.95 Å². The van der Waals surface area contributed by atoms with Crippen LogP contribution in [-0.4, -0.2) is 17.1 Å². The lowest BCUT2D eigenvalue weighted by atomic mass is 10.2. The van der Waals surface area contributed by atoms with Gasteiger partial charge in [0, 0.05) is 11.6 Å². The van der Waals surface area contributed by atoms with E-state index in [2.05, 4.69) is 9.97 Å². The van der Waals surface area contributed by atoms with Gasteiger partial charge in [0.2, 0.25) is 5.95 Å². The second-order valence-electron chi connectivity index (χ2n) is 2.65. The number of aromatic nitrogens is 2. The first-order valence-corrected chi connectivity index (χ1v) is 3.86. The van der Waals surface area contributed by atoms with Gasteiger partial charge >= 0.3 is 0 Å². The monoisotopic (exact) mass is 175 g/mol. The standard InChI is InChI=1S/C9H9N3O/c1-13-7-2-3-8-6(4-7)5-11-9(10)12-8/h2-5H,1H3,(H2,10,11,12). The van der Waals surface area contributed by atoms with E-state index in [4.69, 9.17) is 10.5 Å². The third-order valence-electron chi connectivity index (χ3n) is 1.81. The summed E-state index contributed by atoms with van der Waals surface area (Å²) < 4.78 is 5.07. The van der Waals surface area contributed by atoms with Gasteiger partial charge in [-0.05, 0) is 18.2 Å². The van der Waals surface area contributed by atoms with Crippen molar-refractivity contribution in [3.05, 3.63) is 24.4 Å². The lowest BCUT2D eigenvalue weighted by molar-refractivity contribution is 0.415. The molecular weight excluding hydrogens is 166 g/mol. The Kier molecular flexibility index (Phi) is 1.73. The van der Waals surface area contributed by atoms with Crippen LogP contribution in [0.2, 0.25) is 0 Å². The Bertz CT molecular complexity index is 442. The van der Waals surface area contributed by atoms with E-state index >= 15 is 0 Å². The van der Waals surface area contributed by atoms with Gasteiger partial charge in [0.1, 0.15) is 5.75 Å². The Hall–Kier alpha value is -1.84. The number of methoxy groups -OCH3 is 1. The molecule has 0 radical (unpaired) electrons. The molecule has 0 aliphatic carbocycles. The van der Waals surface area contributed by atoms with E-state index in [0.717, 1.165) is 16.7 Å². The molecule has 1 heterocycles. The minimum atomic E-state index is 0.290. The number of nitrogen functional groups attached to an aromatic ring is 1. The van der Waals surface area contributed by atoms with Gasteiger partial charge < -0.3 is 10.5 Å². The van der Waals surface area contributed by atoms with E-state index in [9.17, 15) is 0 Å². The van der Waals surface area contributed by atoms with Crippen LogP contribution in [-0.2, 0) is 0 Å². The zero-order valence-corrected chi connectivity index (χ0v) is 7.19. The third kappa shape index (κ3) is 1.38. The Morgan fingerprint density at radius 2 is 2.23 bits per heavy atom.